The molecule has 6 rings (SSSR count). The minimum absolute atomic E-state index is 0.589. The van der Waals surface area contributed by atoms with E-state index in [1.807, 2.05) is 0 Å². The van der Waals surface area contributed by atoms with E-state index in [2.05, 4.69) is 148 Å². The minimum atomic E-state index is 0.589. The van der Waals surface area contributed by atoms with E-state index < -0.39 is 0 Å². The fourth-order valence-corrected chi connectivity index (χ4v) is 9.23. The van der Waals surface area contributed by atoms with Crippen molar-refractivity contribution in [1.82, 2.24) is 0 Å². The molecule has 0 heterocycles. The summed E-state index contributed by atoms with van der Waals surface area (Å²) < 4.78 is 11.4. The summed E-state index contributed by atoms with van der Waals surface area (Å²) in [6.45, 7) is 10.4. The number of rotatable bonds is 21. The van der Waals surface area contributed by atoms with Crippen molar-refractivity contribution >= 4 is 0 Å². The van der Waals surface area contributed by atoms with Gasteiger partial charge in [0, 0.05) is 23.0 Å². The Labute approximate surface area is 385 Å². The standard InChI is InChI=1S/C31H42O.C30H40O/c1-3-5-6-7-8-9-10-26-11-13-27(14-12-26)15-16-28-17-19-29(20-18-28)30-21-23-31(24-22-30)32-25-4-2;1-3-5-6-7-8-9-25-10-12-26(13-11-25)14-15-27-16-18-28(19-17-27)29-20-22-30(23-21-29)31-24-4-2/h17-24,26-27H,3-14,25H2,1-2H3;16-23,25-26H,3-13,24H2,1-2H3. The van der Waals surface area contributed by atoms with Crippen LogP contribution in [0, 0.1) is 47.4 Å². The van der Waals surface area contributed by atoms with E-state index in [1.165, 1.54) is 157 Å². The number of ether oxygens (including phenoxy) is 2. The zero-order chi connectivity index (χ0) is 44.2. The molecule has 0 saturated heterocycles. The average molecular weight is 847 g/mol. The van der Waals surface area contributed by atoms with Gasteiger partial charge < -0.3 is 9.47 Å². The van der Waals surface area contributed by atoms with Crippen molar-refractivity contribution < 1.29 is 9.47 Å². The Morgan fingerprint density at radius 2 is 0.683 bits per heavy atom. The van der Waals surface area contributed by atoms with Crippen molar-refractivity contribution in [1.29, 1.82) is 0 Å². The van der Waals surface area contributed by atoms with Crippen LogP contribution in [0.15, 0.2) is 97.1 Å². The summed E-state index contributed by atoms with van der Waals surface area (Å²) in [6, 6.07) is 34.1. The summed E-state index contributed by atoms with van der Waals surface area (Å²) >= 11 is 0. The number of hydrogen-bond acceptors (Lipinski definition) is 2. The normalized spacial score (nSPS) is 18.2. The highest BCUT2D eigenvalue weighted by Crippen LogP contribution is 2.33. The van der Waals surface area contributed by atoms with Gasteiger partial charge in [0.15, 0.2) is 0 Å². The summed E-state index contributed by atoms with van der Waals surface area (Å²) in [4.78, 5) is 0. The van der Waals surface area contributed by atoms with Crippen molar-refractivity contribution in [2.45, 2.75) is 175 Å². The van der Waals surface area contributed by atoms with Gasteiger partial charge in [-0.25, -0.2) is 0 Å². The van der Waals surface area contributed by atoms with Crippen LogP contribution in [0.4, 0.5) is 0 Å². The lowest BCUT2D eigenvalue weighted by Gasteiger charge is -2.25. The summed E-state index contributed by atoms with van der Waals surface area (Å²) in [6.07, 6.45) is 31.2. The fourth-order valence-electron chi connectivity index (χ4n) is 9.23. The van der Waals surface area contributed by atoms with Gasteiger partial charge in [0.2, 0.25) is 0 Å². The molecular formula is C61H82O2. The van der Waals surface area contributed by atoms with E-state index in [0.717, 1.165) is 60.5 Å². The number of benzene rings is 4. The first-order valence-corrected chi connectivity index (χ1v) is 25.8. The first-order chi connectivity index (χ1) is 31.1. The lowest BCUT2D eigenvalue weighted by molar-refractivity contribution is 0.293. The van der Waals surface area contributed by atoms with Crippen molar-refractivity contribution in [3.63, 3.8) is 0 Å². The van der Waals surface area contributed by atoms with Gasteiger partial charge in [-0.1, -0.05) is 183 Å². The van der Waals surface area contributed by atoms with E-state index in [4.69, 9.17) is 9.47 Å². The van der Waals surface area contributed by atoms with Gasteiger partial charge in [0.05, 0.1) is 13.2 Å². The molecule has 2 aliphatic carbocycles. The molecule has 338 valence electrons. The van der Waals surface area contributed by atoms with Crippen LogP contribution in [0.1, 0.15) is 187 Å². The molecule has 2 aliphatic rings. The van der Waals surface area contributed by atoms with Crippen LogP contribution < -0.4 is 9.47 Å². The molecule has 0 spiro atoms. The molecule has 2 nitrogen and oxygen atoms in total. The van der Waals surface area contributed by atoms with Crippen molar-refractivity contribution in [2.24, 2.45) is 23.7 Å². The van der Waals surface area contributed by atoms with Crippen LogP contribution in [0.25, 0.3) is 22.3 Å². The molecular weight excluding hydrogens is 765 g/mol. The van der Waals surface area contributed by atoms with E-state index in [1.54, 1.807) is 0 Å². The fraction of sp³-hybridized carbons (Fsp3) is 0.541. The zero-order valence-electron chi connectivity index (χ0n) is 40.0. The first kappa shape index (κ1) is 49.6. The summed E-state index contributed by atoms with van der Waals surface area (Å²) in [5.41, 5.74) is 7.16. The SMILES string of the molecule is CCCCCCCC1CCC(C#Cc2ccc(-c3ccc(OCCC)cc3)cc2)CC1.CCCCCCCCC1CCC(C#Cc2ccc(-c3ccc(OCCC)cc3)cc2)CC1. The van der Waals surface area contributed by atoms with Crippen LogP contribution in [0.3, 0.4) is 0 Å². The molecule has 4 aromatic rings. The van der Waals surface area contributed by atoms with Crippen LogP contribution in [0.2, 0.25) is 0 Å². The van der Waals surface area contributed by atoms with Crippen LogP contribution in [0.5, 0.6) is 11.5 Å². The molecule has 0 aliphatic heterocycles. The molecule has 0 atom stereocenters. The molecule has 4 aromatic carbocycles. The number of unbranched alkanes of at least 4 members (excludes halogenated alkanes) is 9. The molecule has 0 bridgehead atoms. The van der Waals surface area contributed by atoms with Gasteiger partial charge in [0.1, 0.15) is 11.5 Å². The third-order valence-electron chi connectivity index (χ3n) is 13.3. The second-order valence-electron chi connectivity index (χ2n) is 18.6. The smallest absolute Gasteiger partial charge is 0.119 e. The van der Waals surface area contributed by atoms with E-state index in [-0.39, 0.29) is 0 Å². The largest absolute Gasteiger partial charge is 0.494 e. The second-order valence-corrected chi connectivity index (χ2v) is 18.6. The monoisotopic (exact) mass is 847 g/mol. The first-order valence-electron chi connectivity index (χ1n) is 25.8. The molecule has 2 saturated carbocycles. The third kappa shape index (κ3) is 19.1. The molecule has 0 amide bonds. The van der Waals surface area contributed by atoms with E-state index >= 15 is 0 Å². The third-order valence-corrected chi connectivity index (χ3v) is 13.3. The van der Waals surface area contributed by atoms with Crippen molar-refractivity contribution in [2.75, 3.05) is 13.2 Å². The van der Waals surface area contributed by atoms with Crippen LogP contribution in [-0.2, 0) is 0 Å². The van der Waals surface area contributed by atoms with Crippen molar-refractivity contribution in [3.05, 3.63) is 108 Å². The van der Waals surface area contributed by atoms with Gasteiger partial charge in [-0.05, 0) is 147 Å². The predicted molar refractivity (Wildman–Crippen MR) is 271 cm³/mol. The van der Waals surface area contributed by atoms with E-state index in [0.29, 0.717) is 11.8 Å². The molecule has 0 unspecified atom stereocenters. The Kier molecular flexibility index (Phi) is 23.5. The van der Waals surface area contributed by atoms with Gasteiger partial charge in [-0.15, -0.1) is 0 Å². The second kappa shape index (κ2) is 29.9. The summed E-state index contributed by atoms with van der Waals surface area (Å²) in [7, 11) is 0. The highest BCUT2D eigenvalue weighted by atomic mass is 16.5. The minimum Gasteiger partial charge on any atom is -0.494 e. The van der Waals surface area contributed by atoms with E-state index in [9.17, 15) is 0 Å². The highest BCUT2D eigenvalue weighted by molar-refractivity contribution is 5.66. The molecule has 0 N–H and O–H groups in total. The lowest BCUT2D eigenvalue weighted by atomic mass is 9.80. The molecule has 63 heavy (non-hydrogen) atoms. The van der Waals surface area contributed by atoms with Crippen LogP contribution in [-0.4, -0.2) is 13.2 Å². The molecule has 2 heteroatoms. The quantitative estimate of drug-likeness (QED) is 0.0614. The Balaban J connectivity index is 0.000000238. The Morgan fingerprint density at radius 1 is 0.365 bits per heavy atom. The Hall–Kier alpha value is -4.40. The van der Waals surface area contributed by atoms with Crippen LogP contribution >= 0.6 is 0 Å². The van der Waals surface area contributed by atoms with Gasteiger partial charge >= 0.3 is 0 Å². The van der Waals surface area contributed by atoms with Gasteiger partial charge in [-0.2, -0.15) is 0 Å². The lowest BCUT2D eigenvalue weighted by Crippen LogP contribution is -2.13. The molecule has 2 fully saturated rings. The Morgan fingerprint density at radius 3 is 1.02 bits per heavy atom. The topological polar surface area (TPSA) is 18.5 Å². The van der Waals surface area contributed by atoms with Gasteiger partial charge in [0.25, 0.3) is 0 Å². The maximum absolute atomic E-state index is 5.68. The molecule has 0 aromatic heterocycles. The highest BCUT2D eigenvalue weighted by Gasteiger charge is 2.20. The summed E-state index contributed by atoms with van der Waals surface area (Å²) in [5, 5.41) is 0. The van der Waals surface area contributed by atoms with Crippen molar-refractivity contribution in [3.8, 4) is 57.4 Å². The maximum atomic E-state index is 5.68. The Bertz CT molecular complexity index is 1900. The van der Waals surface area contributed by atoms with Gasteiger partial charge in [-0.3, -0.25) is 0 Å². The maximum Gasteiger partial charge on any atom is 0.119 e. The zero-order valence-corrected chi connectivity index (χ0v) is 40.0. The predicted octanol–water partition coefficient (Wildman–Crippen LogP) is 17.7. The number of hydrogen-bond donors (Lipinski definition) is 0. The summed E-state index contributed by atoms with van der Waals surface area (Å²) in [5.74, 6) is 19.0. The molecule has 0 radical (unpaired) electrons. The average Bonchev–Trinajstić information content (AvgIpc) is 3.34.